The number of rotatable bonds is 21. The van der Waals surface area contributed by atoms with Crippen molar-refractivity contribution in [2.45, 2.75) is 136 Å². The lowest BCUT2D eigenvalue weighted by Gasteiger charge is -2.01. The van der Waals surface area contributed by atoms with Crippen LogP contribution in [-0.4, -0.2) is 30.9 Å². The summed E-state index contributed by atoms with van der Waals surface area (Å²) in [4.78, 5) is 31.0. The van der Waals surface area contributed by atoms with Crippen LogP contribution in [0.5, 0.6) is 0 Å². The summed E-state index contributed by atoms with van der Waals surface area (Å²) < 4.78 is 3.09. The first kappa shape index (κ1) is 34.3. The van der Waals surface area contributed by atoms with Crippen molar-refractivity contribution in [3.63, 3.8) is 0 Å². The second-order valence-electron chi connectivity index (χ2n) is 10.2. The molecule has 2 aromatic heterocycles. The maximum Gasteiger partial charge on any atom is 0.235 e. The van der Waals surface area contributed by atoms with Crippen LogP contribution < -0.4 is 0 Å². The highest BCUT2D eigenvalue weighted by atomic mass is 16.2. The van der Waals surface area contributed by atoms with Crippen molar-refractivity contribution in [3.8, 4) is 0 Å². The first-order valence-corrected chi connectivity index (χ1v) is 15.5. The summed E-state index contributed by atoms with van der Waals surface area (Å²) in [5.41, 5.74) is 0. The van der Waals surface area contributed by atoms with Gasteiger partial charge in [0.05, 0.1) is 0 Å². The Morgan fingerprint density at radius 1 is 0.564 bits per heavy atom. The molecule has 0 radical (unpaired) electrons. The fraction of sp³-hybridized carbons (Fsp3) is 0.636. The van der Waals surface area contributed by atoms with Crippen LogP contribution in [0.15, 0.2) is 61.7 Å². The Balaban J connectivity index is 0.000000434. The van der Waals surface area contributed by atoms with E-state index in [1.807, 2.05) is 6.08 Å². The van der Waals surface area contributed by atoms with Gasteiger partial charge in [0.25, 0.3) is 0 Å². The van der Waals surface area contributed by atoms with Gasteiger partial charge in [0.2, 0.25) is 11.8 Å². The third-order valence-electron chi connectivity index (χ3n) is 6.67. The van der Waals surface area contributed by atoms with Gasteiger partial charge < -0.3 is 0 Å². The van der Waals surface area contributed by atoms with Crippen LogP contribution in [0, 0.1) is 0 Å². The van der Waals surface area contributed by atoms with Gasteiger partial charge in [-0.05, 0) is 44.9 Å². The number of hydrogen-bond donors (Lipinski definition) is 0. The molecule has 0 saturated carbocycles. The van der Waals surface area contributed by atoms with Crippen LogP contribution in [-0.2, 0) is 0 Å². The number of allylic oxidation sites excluding steroid dienone is 4. The third kappa shape index (κ3) is 19.9. The summed E-state index contributed by atoms with van der Waals surface area (Å²) in [6.45, 7) is 4.45. The van der Waals surface area contributed by atoms with E-state index in [0.717, 1.165) is 19.3 Å². The van der Waals surface area contributed by atoms with E-state index in [2.05, 4.69) is 42.0 Å². The Bertz CT molecular complexity index is 870. The van der Waals surface area contributed by atoms with Crippen molar-refractivity contribution in [1.82, 2.24) is 19.1 Å². The van der Waals surface area contributed by atoms with Gasteiger partial charge in [-0.2, -0.15) is 0 Å². The topological polar surface area (TPSA) is 69.8 Å². The molecule has 2 heterocycles. The highest BCUT2D eigenvalue weighted by Gasteiger charge is 2.03. The molecule has 0 spiro atoms. The molecule has 0 unspecified atom stereocenters. The van der Waals surface area contributed by atoms with Crippen molar-refractivity contribution < 1.29 is 9.59 Å². The van der Waals surface area contributed by atoms with Gasteiger partial charge >= 0.3 is 0 Å². The van der Waals surface area contributed by atoms with Crippen molar-refractivity contribution in [2.75, 3.05) is 0 Å². The summed E-state index contributed by atoms with van der Waals surface area (Å²) in [6.07, 6.45) is 41.1. The fourth-order valence-electron chi connectivity index (χ4n) is 4.21. The van der Waals surface area contributed by atoms with Gasteiger partial charge in [-0.1, -0.05) is 102 Å². The summed E-state index contributed by atoms with van der Waals surface area (Å²) in [7, 11) is 0. The van der Waals surface area contributed by atoms with Gasteiger partial charge in [-0.3, -0.25) is 18.7 Å². The minimum absolute atomic E-state index is 0.0687. The molecule has 2 rings (SSSR count). The molecule has 6 nitrogen and oxygen atoms in total. The maximum atomic E-state index is 11.8. The Kier molecular flexibility index (Phi) is 22.4. The molecule has 0 aliphatic heterocycles. The van der Waals surface area contributed by atoms with E-state index in [0.29, 0.717) is 12.8 Å². The molecule has 0 saturated heterocycles. The summed E-state index contributed by atoms with van der Waals surface area (Å²) >= 11 is 0. The average Bonchev–Trinajstić information content (AvgIpc) is 3.68. The molecule has 39 heavy (non-hydrogen) atoms. The lowest BCUT2D eigenvalue weighted by atomic mass is 10.1. The molecule has 6 heteroatoms. The monoisotopic (exact) mass is 538 g/mol. The molecule has 0 fully saturated rings. The number of hydrogen-bond acceptors (Lipinski definition) is 4. The number of imidazole rings is 2. The number of nitrogens with zero attached hydrogens (tertiary/aromatic N) is 4. The number of carbonyl (C=O) groups excluding carboxylic acids is 2. The van der Waals surface area contributed by atoms with Crippen molar-refractivity contribution in [3.05, 3.63) is 61.7 Å². The SMILES string of the molecule is CCCCCC=CCC(=O)n1ccnc1.CCCCCCCCC=CCCCCCCCC(=O)n1ccnc1. The van der Waals surface area contributed by atoms with Crippen molar-refractivity contribution in [1.29, 1.82) is 0 Å². The first-order chi connectivity index (χ1) is 19.2. The van der Waals surface area contributed by atoms with Crippen LogP contribution >= 0.6 is 0 Å². The van der Waals surface area contributed by atoms with Crippen molar-refractivity contribution >= 4 is 11.8 Å². The maximum absolute atomic E-state index is 11.8. The number of carbonyl (C=O) groups is 2. The zero-order chi connectivity index (χ0) is 28.2. The molecule has 0 bridgehead atoms. The quantitative estimate of drug-likeness (QED) is 0.117. The highest BCUT2D eigenvalue weighted by molar-refractivity contribution is 5.80. The normalized spacial score (nSPS) is 11.2. The summed E-state index contributed by atoms with van der Waals surface area (Å²) in [5, 5.41) is 0. The largest absolute Gasteiger partial charge is 0.276 e. The highest BCUT2D eigenvalue weighted by Crippen LogP contribution is 2.10. The lowest BCUT2D eigenvalue weighted by Crippen LogP contribution is -2.07. The van der Waals surface area contributed by atoms with E-state index in [4.69, 9.17) is 0 Å². The van der Waals surface area contributed by atoms with Gasteiger partial charge in [0.1, 0.15) is 12.7 Å². The standard InChI is InChI=1S/C21H36N2O.C12H18N2O/c1-2-3-4-5-6-7-8-9-10-11-12-13-14-15-16-17-21(24)23-19-18-22-20-23;1-2-3-4-5-6-7-8-12(15)14-10-9-13-11-14/h9-10,18-20H,2-8,11-17H2,1H3;6-7,9-11H,2-5,8H2,1H3. The zero-order valence-corrected chi connectivity index (χ0v) is 24.8. The molecule has 0 N–H and O–H groups in total. The van der Waals surface area contributed by atoms with E-state index in [1.165, 1.54) is 101 Å². The Morgan fingerprint density at radius 3 is 1.54 bits per heavy atom. The smallest absolute Gasteiger partial charge is 0.235 e. The molecule has 0 amide bonds. The summed E-state index contributed by atoms with van der Waals surface area (Å²) in [5.74, 6) is 0.226. The second kappa shape index (κ2) is 25.5. The van der Waals surface area contributed by atoms with Gasteiger partial charge in [0, 0.05) is 37.6 Å². The minimum Gasteiger partial charge on any atom is -0.276 e. The second-order valence-corrected chi connectivity index (χ2v) is 10.2. The molecule has 0 aromatic carbocycles. The molecular formula is C33H54N4O2. The van der Waals surface area contributed by atoms with Gasteiger partial charge in [-0.15, -0.1) is 0 Å². The van der Waals surface area contributed by atoms with Crippen LogP contribution in [0.2, 0.25) is 0 Å². The van der Waals surface area contributed by atoms with Crippen molar-refractivity contribution in [2.24, 2.45) is 0 Å². The molecule has 0 atom stereocenters. The Hall–Kier alpha value is -2.76. The minimum atomic E-state index is 0.0687. The molecule has 2 aromatic rings. The average molecular weight is 539 g/mol. The Morgan fingerprint density at radius 2 is 1.00 bits per heavy atom. The first-order valence-electron chi connectivity index (χ1n) is 15.5. The van der Waals surface area contributed by atoms with E-state index in [1.54, 1.807) is 35.7 Å². The van der Waals surface area contributed by atoms with E-state index in [9.17, 15) is 9.59 Å². The van der Waals surface area contributed by atoms with Crippen LogP contribution in [0.25, 0.3) is 0 Å². The molecule has 218 valence electrons. The number of aromatic nitrogens is 4. The number of unbranched alkanes of at least 4 members (excludes halogenated alkanes) is 14. The van der Waals surface area contributed by atoms with Gasteiger partial charge in [-0.25, -0.2) is 9.97 Å². The van der Waals surface area contributed by atoms with E-state index in [-0.39, 0.29) is 11.8 Å². The predicted molar refractivity (Wildman–Crippen MR) is 163 cm³/mol. The summed E-state index contributed by atoms with van der Waals surface area (Å²) in [6, 6.07) is 0. The van der Waals surface area contributed by atoms with Gasteiger partial charge in [0.15, 0.2) is 0 Å². The molecule has 0 aliphatic rings. The lowest BCUT2D eigenvalue weighted by molar-refractivity contribution is 0.0895. The fourth-order valence-corrected chi connectivity index (χ4v) is 4.21. The molecular weight excluding hydrogens is 484 g/mol. The Labute approximate surface area is 238 Å². The van der Waals surface area contributed by atoms with Crippen LogP contribution in [0.3, 0.4) is 0 Å². The van der Waals surface area contributed by atoms with E-state index < -0.39 is 0 Å². The zero-order valence-electron chi connectivity index (χ0n) is 24.8. The third-order valence-corrected chi connectivity index (χ3v) is 6.67. The van der Waals surface area contributed by atoms with E-state index >= 15 is 0 Å². The van der Waals surface area contributed by atoms with Crippen LogP contribution in [0.4, 0.5) is 0 Å². The van der Waals surface area contributed by atoms with Crippen LogP contribution in [0.1, 0.15) is 145 Å². The molecule has 0 aliphatic carbocycles. The predicted octanol–water partition coefficient (Wildman–Crippen LogP) is 9.61.